The number of aliphatic hydroxyl groups is 4. The van der Waals surface area contributed by atoms with E-state index in [9.17, 15) is 20.4 Å². The van der Waals surface area contributed by atoms with E-state index in [1.54, 1.807) is 6.07 Å². The number of hydrogen-bond donors (Lipinski definition) is 4. The van der Waals surface area contributed by atoms with Gasteiger partial charge in [-0.3, -0.25) is 0 Å². The fourth-order valence-electron chi connectivity index (χ4n) is 7.41. The van der Waals surface area contributed by atoms with Crippen molar-refractivity contribution in [1.29, 1.82) is 0 Å². The molecule has 1 unspecified atom stereocenters. The standard InChI is InChI=1S/C52H58N3O10P3/c56-34-16-12-24-39-20-4-8-30-44(39)60-48-38-49(65-68(54-66-53-67-55-68)64-43-28-2-1-3-29-43)51(62-46-32-10-6-22-41(46)26-14-18-36-58)52(63-47-33-11-7-23-42(47)27-15-19-37-59)50(48)61-45-31-9-5-21-40(45)25-13-17-35-57/h1-11,20-23,28-33,38,56-59H,12-19,24-27,34-37H2. The minimum atomic E-state index is -3.56. The molecule has 356 valence electrons. The van der Waals surface area contributed by atoms with Gasteiger partial charge in [0.1, 0.15) is 28.7 Å². The third-order valence-corrected chi connectivity index (χ3v) is 14.8. The molecule has 0 fully saturated rings. The lowest BCUT2D eigenvalue weighted by Gasteiger charge is -2.26. The number of hydrogen-bond acceptors (Lipinski definition) is 13. The highest BCUT2D eigenvalue weighted by molar-refractivity contribution is 7.65. The van der Waals surface area contributed by atoms with E-state index >= 15 is 0 Å². The van der Waals surface area contributed by atoms with E-state index in [1.165, 1.54) is 0 Å². The molecule has 0 saturated heterocycles. The maximum absolute atomic E-state index is 9.74. The molecule has 0 spiro atoms. The summed E-state index contributed by atoms with van der Waals surface area (Å²) in [5.74, 6) is 3.48. The second-order valence-electron chi connectivity index (χ2n) is 15.9. The van der Waals surface area contributed by atoms with Gasteiger partial charge in [-0.25, -0.2) is 0 Å². The first-order chi connectivity index (χ1) is 33.5. The van der Waals surface area contributed by atoms with E-state index in [0.717, 1.165) is 41.5 Å². The van der Waals surface area contributed by atoms with E-state index in [2.05, 4.69) is 4.52 Å². The molecule has 6 aromatic rings. The lowest BCUT2D eigenvalue weighted by Crippen LogP contribution is -2.05. The Hall–Kier alpha value is -5.61. The van der Waals surface area contributed by atoms with Gasteiger partial charge in [-0.15, -0.1) is 9.03 Å². The Balaban J connectivity index is 1.52. The summed E-state index contributed by atoms with van der Waals surface area (Å²) in [6, 6.07) is 41.9. The molecular formula is C52H58N3O10P3. The second-order valence-corrected chi connectivity index (χ2v) is 19.7. The van der Waals surface area contributed by atoms with E-state index in [4.69, 9.17) is 37.0 Å². The minimum Gasteiger partial charge on any atom is -0.453 e. The van der Waals surface area contributed by atoms with E-state index in [0.29, 0.717) is 104 Å². The Morgan fingerprint density at radius 1 is 0.382 bits per heavy atom. The maximum Gasteiger partial charge on any atom is 0.460 e. The van der Waals surface area contributed by atoms with Crippen molar-refractivity contribution in [3.8, 4) is 57.5 Å². The Kier molecular flexibility index (Phi) is 19.8. The quantitative estimate of drug-likeness (QED) is 0.0274. The highest BCUT2D eigenvalue weighted by atomic mass is 31.2. The van der Waals surface area contributed by atoms with Crippen LogP contribution in [0.4, 0.5) is 0 Å². The number of unbranched alkanes of at least 4 members (excludes halogenated alkanes) is 4. The fraction of sp³-hybridized carbons (Fsp3) is 0.308. The molecule has 1 aliphatic rings. The lowest BCUT2D eigenvalue weighted by molar-refractivity contribution is 0.284. The second kappa shape index (κ2) is 26.8. The van der Waals surface area contributed by atoms with Crippen LogP contribution in [0.1, 0.15) is 73.6 Å². The largest absolute Gasteiger partial charge is 0.460 e. The molecule has 6 aromatic carbocycles. The molecule has 0 amide bonds. The van der Waals surface area contributed by atoms with Gasteiger partial charge in [0.05, 0.1) is 0 Å². The minimum absolute atomic E-state index is 0.0636. The van der Waals surface area contributed by atoms with Crippen molar-refractivity contribution in [3.05, 3.63) is 156 Å². The highest BCUT2D eigenvalue weighted by Gasteiger charge is 2.35. The monoisotopic (exact) mass is 977 g/mol. The van der Waals surface area contributed by atoms with Gasteiger partial charge < -0.3 is 48.4 Å². The van der Waals surface area contributed by atoms with Gasteiger partial charge in [-0.05, 0) is 136 Å². The number of aliphatic hydroxyl groups excluding tert-OH is 4. The van der Waals surface area contributed by atoms with Gasteiger partial charge in [-0.1, -0.05) is 91.0 Å². The Morgan fingerprint density at radius 3 is 1.21 bits per heavy atom. The first kappa shape index (κ1) is 50.3. The van der Waals surface area contributed by atoms with E-state index in [-0.39, 0.29) is 55.2 Å². The Labute approximate surface area is 401 Å². The van der Waals surface area contributed by atoms with Crippen LogP contribution >= 0.6 is 24.7 Å². The highest BCUT2D eigenvalue weighted by Crippen LogP contribution is 2.64. The average Bonchev–Trinajstić information content (AvgIpc) is 3.36. The van der Waals surface area contributed by atoms with Crippen molar-refractivity contribution >= 4 is 24.7 Å². The van der Waals surface area contributed by atoms with Crippen LogP contribution in [0.5, 0.6) is 57.5 Å². The molecule has 1 atom stereocenters. The van der Waals surface area contributed by atoms with Crippen molar-refractivity contribution in [2.75, 3.05) is 26.4 Å². The van der Waals surface area contributed by atoms with Gasteiger partial charge in [0.15, 0.2) is 28.5 Å². The summed E-state index contributed by atoms with van der Waals surface area (Å²) in [4.78, 5) is 0. The van der Waals surface area contributed by atoms with Crippen molar-refractivity contribution < 1.29 is 48.4 Å². The summed E-state index contributed by atoms with van der Waals surface area (Å²) >= 11 is 0. The first-order valence-electron chi connectivity index (χ1n) is 23.1. The first-order valence-corrected chi connectivity index (χ1v) is 26.2. The predicted molar refractivity (Wildman–Crippen MR) is 268 cm³/mol. The zero-order valence-corrected chi connectivity index (χ0v) is 40.6. The van der Waals surface area contributed by atoms with Gasteiger partial charge in [0, 0.05) is 32.5 Å². The normalized spacial score (nSPS) is 14.5. The van der Waals surface area contributed by atoms with Gasteiger partial charge >= 0.3 is 7.66 Å². The Morgan fingerprint density at radius 2 is 0.779 bits per heavy atom. The summed E-state index contributed by atoms with van der Waals surface area (Å²) in [5, 5.41) is 38.8. The van der Waals surface area contributed by atoms with Crippen molar-refractivity contribution in [2.45, 2.75) is 77.0 Å². The molecule has 0 aliphatic carbocycles. The zero-order chi connectivity index (χ0) is 47.2. The smallest absolute Gasteiger partial charge is 0.453 e. The molecule has 1 heterocycles. The number of nitrogens with zero attached hydrogens (tertiary/aromatic N) is 3. The van der Waals surface area contributed by atoms with E-state index < -0.39 is 7.66 Å². The van der Waals surface area contributed by atoms with E-state index in [1.807, 2.05) is 127 Å². The van der Waals surface area contributed by atoms with Crippen molar-refractivity contribution in [3.63, 3.8) is 0 Å². The van der Waals surface area contributed by atoms with Crippen LogP contribution in [0.25, 0.3) is 0 Å². The van der Waals surface area contributed by atoms with Crippen molar-refractivity contribution in [1.82, 2.24) is 0 Å². The molecule has 13 nitrogen and oxygen atoms in total. The molecule has 0 saturated carbocycles. The number of ether oxygens (including phenoxy) is 4. The molecule has 68 heavy (non-hydrogen) atoms. The van der Waals surface area contributed by atoms with Crippen LogP contribution in [-0.2, 0) is 25.7 Å². The average molecular weight is 978 g/mol. The molecule has 16 heteroatoms. The predicted octanol–water partition coefficient (Wildman–Crippen LogP) is 14.6. The maximum atomic E-state index is 9.74. The molecule has 0 radical (unpaired) electrons. The summed E-state index contributed by atoms with van der Waals surface area (Å²) in [6.07, 6.45) is 7.88. The van der Waals surface area contributed by atoms with Crippen LogP contribution in [0, 0.1) is 0 Å². The molecule has 0 aromatic heterocycles. The molecule has 1 aliphatic heterocycles. The van der Waals surface area contributed by atoms with Crippen LogP contribution in [-0.4, -0.2) is 46.9 Å². The molecule has 0 bridgehead atoms. The van der Waals surface area contributed by atoms with Crippen LogP contribution < -0.4 is 28.0 Å². The van der Waals surface area contributed by atoms with Gasteiger partial charge in [0.25, 0.3) is 0 Å². The SMILES string of the molecule is OCCCCc1ccccc1Oc1cc(OP2(Oc3ccccc3)=NP=NP=N2)c(Oc2ccccc2CCCCO)c(Oc2ccccc2CCCCO)c1Oc1ccccc1CCCCO. The van der Waals surface area contributed by atoms with Gasteiger partial charge in [-0.2, -0.15) is 4.52 Å². The van der Waals surface area contributed by atoms with Crippen molar-refractivity contribution in [2.24, 2.45) is 13.5 Å². The summed E-state index contributed by atoms with van der Waals surface area (Å²) in [5.41, 5.74) is 3.61. The number of rotatable bonds is 28. The molecule has 4 N–H and O–H groups in total. The zero-order valence-electron chi connectivity index (χ0n) is 37.9. The number of para-hydroxylation sites is 5. The third-order valence-electron chi connectivity index (χ3n) is 10.9. The summed E-state index contributed by atoms with van der Waals surface area (Å²) in [6.45, 7) is 0.276. The topological polar surface area (TPSA) is 173 Å². The summed E-state index contributed by atoms with van der Waals surface area (Å²) in [7, 11) is -2.81. The van der Waals surface area contributed by atoms with Crippen LogP contribution in [0.2, 0.25) is 0 Å². The van der Waals surface area contributed by atoms with Gasteiger partial charge in [0.2, 0.25) is 17.2 Å². The molecule has 7 rings (SSSR count). The van der Waals surface area contributed by atoms with Crippen LogP contribution in [0.3, 0.4) is 0 Å². The number of benzene rings is 6. The summed E-state index contributed by atoms with van der Waals surface area (Å²) < 4.78 is 56.2. The van der Waals surface area contributed by atoms with Crippen LogP contribution in [0.15, 0.2) is 147 Å². The lowest BCUT2D eigenvalue weighted by atomic mass is 10.1. The molecular weight excluding hydrogens is 920 g/mol. The number of aryl methyl sites for hydroxylation is 4. The fourth-order valence-corrected chi connectivity index (χ4v) is 11.2. The third kappa shape index (κ3) is 14.2. The Bertz CT molecular complexity index is 2650.